The topological polar surface area (TPSA) is 24.7 Å². The molecule has 0 unspecified atom stereocenters. The van der Waals surface area contributed by atoms with Crippen LogP contribution in [0.4, 0.5) is 11.4 Å². The van der Waals surface area contributed by atoms with Crippen LogP contribution in [0, 0.1) is 13.8 Å². The zero-order valence-electron chi connectivity index (χ0n) is 17.1. The molecule has 0 fully saturated rings. The molecule has 2 nitrogen and oxygen atoms in total. The third-order valence-electron chi connectivity index (χ3n) is 5.38. The number of aryl methyl sites for hydroxylation is 2. The van der Waals surface area contributed by atoms with Gasteiger partial charge >= 0.3 is 0 Å². The second-order valence-corrected chi connectivity index (χ2v) is 7.69. The van der Waals surface area contributed by atoms with Gasteiger partial charge in [0.05, 0.1) is 22.8 Å². The largest absolute Gasteiger partial charge is 0.247 e. The lowest BCUT2D eigenvalue weighted by Gasteiger charge is -2.19. The van der Waals surface area contributed by atoms with Crippen molar-refractivity contribution in [1.29, 1.82) is 0 Å². The van der Waals surface area contributed by atoms with Crippen LogP contribution in [0.25, 0.3) is 0 Å². The molecule has 30 heavy (non-hydrogen) atoms. The molecule has 1 heterocycles. The number of fused-ring (bicyclic) bond motifs is 2. The number of nitrogens with zero attached hydrogens (tertiary/aromatic N) is 2. The normalized spacial score (nSPS) is 12.7. The molecule has 0 N–H and O–H groups in total. The molecule has 4 aromatic rings. The Morgan fingerprint density at radius 1 is 0.467 bits per heavy atom. The highest BCUT2D eigenvalue weighted by atomic mass is 14.8. The van der Waals surface area contributed by atoms with Gasteiger partial charge in [0, 0.05) is 22.3 Å². The predicted octanol–water partition coefficient (Wildman–Crippen LogP) is 6.96. The van der Waals surface area contributed by atoms with Crippen molar-refractivity contribution in [3.05, 3.63) is 130 Å². The monoisotopic (exact) mass is 386 g/mol. The van der Waals surface area contributed by atoms with Gasteiger partial charge in [0.2, 0.25) is 0 Å². The fourth-order valence-corrected chi connectivity index (χ4v) is 3.86. The van der Waals surface area contributed by atoms with Gasteiger partial charge in [-0.05, 0) is 37.1 Å². The average Bonchev–Trinajstić information content (AvgIpc) is 2.77. The first-order valence-electron chi connectivity index (χ1n) is 10.2. The predicted molar refractivity (Wildman–Crippen MR) is 126 cm³/mol. The molecule has 1 aliphatic heterocycles. The van der Waals surface area contributed by atoms with Gasteiger partial charge < -0.3 is 0 Å². The molecule has 0 aliphatic carbocycles. The highest BCUT2D eigenvalue weighted by Crippen LogP contribution is 2.34. The summed E-state index contributed by atoms with van der Waals surface area (Å²) in [4.78, 5) is 10.4. The van der Waals surface area contributed by atoms with E-state index in [1.165, 1.54) is 11.1 Å². The molecule has 5 rings (SSSR count). The summed E-state index contributed by atoms with van der Waals surface area (Å²) in [6.07, 6.45) is 0. The summed E-state index contributed by atoms with van der Waals surface area (Å²) in [5.74, 6) is 0. The van der Waals surface area contributed by atoms with Gasteiger partial charge in [0.15, 0.2) is 0 Å². The van der Waals surface area contributed by atoms with Crippen molar-refractivity contribution in [2.45, 2.75) is 13.8 Å². The van der Waals surface area contributed by atoms with Crippen molar-refractivity contribution in [1.82, 2.24) is 0 Å². The highest BCUT2D eigenvalue weighted by Gasteiger charge is 2.20. The van der Waals surface area contributed by atoms with Crippen molar-refractivity contribution in [2.24, 2.45) is 9.98 Å². The van der Waals surface area contributed by atoms with Crippen LogP contribution < -0.4 is 0 Å². The zero-order valence-corrected chi connectivity index (χ0v) is 17.1. The van der Waals surface area contributed by atoms with Crippen LogP contribution >= 0.6 is 0 Å². The second kappa shape index (κ2) is 7.57. The van der Waals surface area contributed by atoms with Crippen LogP contribution in [-0.2, 0) is 0 Å². The quantitative estimate of drug-likeness (QED) is 0.313. The molecule has 0 saturated heterocycles. The van der Waals surface area contributed by atoms with E-state index in [0.717, 1.165) is 45.1 Å². The Labute approximate surface area is 177 Å². The number of hydrogen-bond acceptors (Lipinski definition) is 2. The van der Waals surface area contributed by atoms with E-state index >= 15 is 0 Å². The van der Waals surface area contributed by atoms with Crippen molar-refractivity contribution < 1.29 is 0 Å². The molecule has 0 spiro atoms. The third-order valence-corrected chi connectivity index (χ3v) is 5.38. The Morgan fingerprint density at radius 2 is 0.867 bits per heavy atom. The Kier molecular flexibility index (Phi) is 4.61. The van der Waals surface area contributed by atoms with Gasteiger partial charge in [0.1, 0.15) is 0 Å². The first-order valence-corrected chi connectivity index (χ1v) is 10.2. The van der Waals surface area contributed by atoms with Gasteiger partial charge in [-0.25, -0.2) is 9.98 Å². The minimum atomic E-state index is 0.947. The summed E-state index contributed by atoms with van der Waals surface area (Å²) in [5, 5.41) is 0. The molecule has 2 heteroatoms. The van der Waals surface area contributed by atoms with Crippen LogP contribution in [0.2, 0.25) is 0 Å². The van der Waals surface area contributed by atoms with E-state index in [2.05, 4.69) is 98.8 Å². The second-order valence-electron chi connectivity index (χ2n) is 7.69. The average molecular weight is 386 g/mol. The number of aliphatic imine (C=N–C) groups is 2. The number of hydrogen-bond donors (Lipinski definition) is 0. The van der Waals surface area contributed by atoms with Gasteiger partial charge in [-0.3, -0.25) is 0 Å². The standard InChI is InChI=1S/C28H22N2/c1-19-13-15-23-25(17-19)29-28(22-11-7-4-8-12-22)24-16-14-20(2)18-26(24)30-27(23)21-9-5-3-6-10-21/h3-18H,1-2H3. The molecule has 0 aromatic heterocycles. The summed E-state index contributed by atoms with van der Waals surface area (Å²) in [6.45, 7) is 4.21. The molecule has 0 atom stereocenters. The molecule has 0 saturated carbocycles. The summed E-state index contributed by atoms with van der Waals surface area (Å²) >= 11 is 0. The molecular weight excluding hydrogens is 364 g/mol. The Morgan fingerprint density at radius 3 is 1.27 bits per heavy atom. The van der Waals surface area contributed by atoms with Gasteiger partial charge in [0.25, 0.3) is 0 Å². The summed E-state index contributed by atoms with van der Waals surface area (Å²) in [7, 11) is 0. The van der Waals surface area contributed by atoms with Gasteiger partial charge in [-0.15, -0.1) is 0 Å². The molecule has 0 radical (unpaired) electrons. The van der Waals surface area contributed by atoms with Crippen molar-refractivity contribution in [2.75, 3.05) is 0 Å². The molecule has 4 aromatic carbocycles. The maximum Gasteiger partial charge on any atom is 0.0803 e. The van der Waals surface area contributed by atoms with E-state index in [-0.39, 0.29) is 0 Å². The lowest BCUT2D eigenvalue weighted by Crippen LogP contribution is -2.10. The highest BCUT2D eigenvalue weighted by molar-refractivity contribution is 6.22. The minimum Gasteiger partial charge on any atom is -0.247 e. The fourth-order valence-electron chi connectivity index (χ4n) is 3.86. The van der Waals surface area contributed by atoms with Crippen molar-refractivity contribution >= 4 is 22.8 Å². The number of benzene rings is 4. The Bertz CT molecular complexity index is 1180. The summed E-state index contributed by atoms with van der Waals surface area (Å²) < 4.78 is 0. The van der Waals surface area contributed by atoms with Crippen molar-refractivity contribution in [3.8, 4) is 0 Å². The maximum atomic E-state index is 5.21. The van der Waals surface area contributed by atoms with E-state index in [0.29, 0.717) is 0 Å². The Hall–Kier alpha value is -3.78. The van der Waals surface area contributed by atoms with Gasteiger partial charge in [-0.2, -0.15) is 0 Å². The molecular formula is C28H22N2. The summed E-state index contributed by atoms with van der Waals surface area (Å²) in [5.41, 5.74) is 10.4. The smallest absolute Gasteiger partial charge is 0.0803 e. The number of rotatable bonds is 2. The SMILES string of the molecule is Cc1ccc2c(c1)N=C(c1ccccc1)c1ccc(C)cc1N=C2c1ccccc1. The first-order chi connectivity index (χ1) is 14.7. The van der Waals surface area contributed by atoms with E-state index in [1.807, 2.05) is 12.1 Å². The fraction of sp³-hybridized carbons (Fsp3) is 0.0714. The van der Waals surface area contributed by atoms with Crippen LogP contribution in [0.15, 0.2) is 107 Å². The van der Waals surface area contributed by atoms with Gasteiger partial charge in [-0.1, -0.05) is 84.9 Å². The molecule has 1 aliphatic rings. The summed E-state index contributed by atoms with van der Waals surface area (Å²) in [6, 6.07) is 33.6. The Balaban J connectivity index is 1.86. The van der Waals surface area contributed by atoms with Crippen LogP contribution in [-0.4, -0.2) is 11.4 Å². The zero-order chi connectivity index (χ0) is 20.5. The molecule has 0 bridgehead atoms. The van der Waals surface area contributed by atoms with E-state index in [9.17, 15) is 0 Å². The van der Waals surface area contributed by atoms with Crippen molar-refractivity contribution in [3.63, 3.8) is 0 Å². The van der Waals surface area contributed by atoms with E-state index in [1.54, 1.807) is 0 Å². The van der Waals surface area contributed by atoms with Crippen LogP contribution in [0.3, 0.4) is 0 Å². The maximum absolute atomic E-state index is 5.21. The van der Waals surface area contributed by atoms with Crippen LogP contribution in [0.5, 0.6) is 0 Å². The van der Waals surface area contributed by atoms with Crippen LogP contribution in [0.1, 0.15) is 33.4 Å². The van der Waals surface area contributed by atoms with E-state index < -0.39 is 0 Å². The first kappa shape index (κ1) is 18.3. The lowest BCUT2D eigenvalue weighted by atomic mass is 9.95. The lowest BCUT2D eigenvalue weighted by molar-refractivity contribution is 1.35. The molecule has 144 valence electrons. The third kappa shape index (κ3) is 3.37. The minimum absolute atomic E-state index is 0.947. The van der Waals surface area contributed by atoms with E-state index in [4.69, 9.17) is 9.98 Å². The molecule has 0 amide bonds.